The van der Waals surface area contributed by atoms with Gasteiger partial charge in [0.05, 0.1) is 0 Å². The molecule has 0 aliphatic rings. The highest BCUT2D eigenvalue weighted by Gasteiger charge is 2.06. The summed E-state index contributed by atoms with van der Waals surface area (Å²) in [7, 11) is 0. The van der Waals surface area contributed by atoms with Gasteiger partial charge in [0.25, 0.3) is 0 Å². The third-order valence-corrected chi connectivity index (χ3v) is 3.16. The zero-order valence-electron chi connectivity index (χ0n) is 11.1. The van der Waals surface area contributed by atoms with Gasteiger partial charge in [0.2, 0.25) is 0 Å². The fourth-order valence-electron chi connectivity index (χ4n) is 1.85. The second-order valence-electron chi connectivity index (χ2n) is 4.86. The van der Waals surface area contributed by atoms with Crippen LogP contribution < -0.4 is 5.32 Å². The monoisotopic (exact) mass is 277 g/mol. The summed E-state index contributed by atoms with van der Waals surface area (Å²) >= 11 is 5.83. The van der Waals surface area contributed by atoms with Gasteiger partial charge < -0.3 is 5.32 Å². The minimum absolute atomic E-state index is 0.203. The summed E-state index contributed by atoms with van der Waals surface area (Å²) in [6, 6.07) is 12.9. The summed E-state index contributed by atoms with van der Waals surface area (Å²) < 4.78 is 14.1. The molecular formula is C16H17ClFN. The Morgan fingerprint density at radius 2 is 1.79 bits per heavy atom. The molecular weight excluding hydrogens is 261 g/mol. The molecule has 0 heterocycles. The predicted molar refractivity (Wildman–Crippen MR) is 78.8 cm³/mol. The van der Waals surface area contributed by atoms with Crippen molar-refractivity contribution in [2.45, 2.75) is 26.4 Å². The summed E-state index contributed by atoms with van der Waals surface area (Å²) in [4.78, 5) is 0. The van der Waals surface area contributed by atoms with Crippen LogP contribution in [0.15, 0.2) is 42.5 Å². The molecule has 0 saturated heterocycles. The molecule has 0 spiro atoms. The van der Waals surface area contributed by atoms with E-state index in [-0.39, 0.29) is 5.82 Å². The van der Waals surface area contributed by atoms with E-state index in [1.807, 2.05) is 24.3 Å². The van der Waals surface area contributed by atoms with Crippen molar-refractivity contribution in [1.29, 1.82) is 0 Å². The maximum atomic E-state index is 14.1. The first-order valence-electron chi connectivity index (χ1n) is 6.34. The van der Waals surface area contributed by atoms with E-state index in [1.165, 1.54) is 0 Å². The van der Waals surface area contributed by atoms with E-state index in [4.69, 9.17) is 11.6 Å². The summed E-state index contributed by atoms with van der Waals surface area (Å²) in [5.74, 6) is -0.203. The topological polar surface area (TPSA) is 12.0 Å². The molecule has 1 nitrogen and oxygen atoms in total. The number of hydrogen-bond acceptors (Lipinski definition) is 1. The van der Waals surface area contributed by atoms with Crippen LogP contribution in [0.2, 0.25) is 5.02 Å². The van der Waals surface area contributed by atoms with Crippen LogP contribution in [0.1, 0.15) is 19.4 Å². The van der Waals surface area contributed by atoms with Gasteiger partial charge in [-0.05, 0) is 29.3 Å². The highest BCUT2D eigenvalue weighted by atomic mass is 35.5. The van der Waals surface area contributed by atoms with Crippen LogP contribution in [-0.4, -0.2) is 6.04 Å². The quantitative estimate of drug-likeness (QED) is 0.858. The first-order valence-corrected chi connectivity index (χ1v) is 6.72. The Labute approximate surface area is 118 Å². The molecule has 2 aromatic carbocycles. The molecule has 3 heteroatoms. The smallest absolute Gasteiger partial charge is 0.131 e. The third-order valence-electron chi connectivity index (χ3n) is 2.90. The van der Waals surface area contributed by atoms with Gasteiger partial charge in [-0.3, -0.25) is 0 Å². The van der Waals surface area contributed by atoms with E-state index in [0.717, 1.165) is 11.1 Å². The molecule has 0 amide bonds. The van der Waals surface area contributed by atoms with E-state index in [9.17, 15) is 4.39 Å². The predicted octanol–water partition coefficient (Wildman–Crippen LogP) is 4.64. The lowest BCUT2D eigenvalue weighted by atomic mass is 10.0. The van der Waals surface area contributed by atoms with Gasteiger partial charge in [-0.1, -0.05) is 49.7 Å². The molecule has 0 aromatic heterocycles. The zero-order chi connectivity index (χ0) is 13.8. The number of hydrogen-bond donors (Lipinski definition) is 1. The molecule has 100 valence electrons. The molecule has 0 bridgehead atoms. The summed E-state index contributed by atoms with van der Waals surface area (Å²) in [5.41, 5.74) is 2.39. The lowest BCUT2D eigenvalue weighted by Gasteiger charge is -2.10. The van der Waals surface area contributed by atoms with Crippen molar-refractivity contribution in [3.8, 4) is 11.1 Å². The van der Waals surface area contributed by atoms with Crippen LogP contribution in [-0.2, 0) is 6.54 Å². The zero-order valence-corrected chi connectivity index (χ0v) is 11.8. The lowest BCUT2D eigenvalue weighted by Crippen LogP contribution is -2.21. The van der Waals surface area contributed by atoms with Crippen LogP contribution >= 0.6 is 11.6 Å². The highest BCUT2D eigenvalue weighted by molar-refractivity contribution is 6.30. The Bertz CT molecular complexity index is 549. The first-order chi connectivity index (χ1) is 9.06. The van der Waals surface area contributed by atoms with Gasteiger partial charge in [-0.15, -0.1) is 0 Å². The van der Waals surface area contributed by atoms with Crippen molar-refractivity contribution in [2.24, 2.45) is 0 Å². The molecule has 0 radical (unpaired) electrons. The summed E-state index contributed by atoms with van der Waals surface area (Å²) in [5, 5.41) is 3.93. The second-order valence-corrected chi connectivity index (χ2v) is 5.29. The van der Waals surface area contributed by atoms with Crippen LogP contribution in [0.3, 0.4) is 0 Å². The Hall–Kier alpha value is -1.38. The Kier molecular flexibility index (Phi) is 4.56. The van der Waals surface area contributed by atoms with Crippen molar-refractivity contribution in [2.75, 3.05) is 0 Å². The molecule has 0 saturated carbocycles. The number of nitrogens with one attached hydrogen (secondary N) is 1. The van der Waals surface area contributed by atoms with Gasteiger partial charge in [0.1, 0.15) is 5.82 Å². The Morgan fingerprint density at radius 3 is 2.37 bits per heavy atom. The molecule has 0 atom stereocenters. The molecule has 2 rings (SSSR count). The van der Waals surface area contributed by atoms with Gasteiger partial charge in [-0.25, -0.2) is 4.39 Å². The van der Waals surface area contributed by atoms with Gasteiger partial charge >= 0.3 is 0 Å². The third kappa shape index (κ3) is 3.79. The standard InChI is InChI=1S/C16H17ClFN/c1-11(2)19-10-12-3-8-15(16(18)9-12)13-4-6-14(17)7-5-13/h3-9,11,19H,10H2,1-2H3. The van der Waals surface area contributed by atoms with E-state index in [1.54, 1.807) is 18.2 Å². The van der Waals surface area contributed by atoms with Crippen molar-refractivity contribution in [1.82, 2.24) is 5.32 Å². The number of rotatable bonds is 4. The maximum absolute atomic E-state index is 14.1. The van der Waals surface area contributed by atoms with Crippen LogP contribution in [0.4, 0.5) is 4.39 Å². The van der Waals surface area contributed by atoms with Crippen LogP contribution in [0.5, 0.6) is 0 Å². The maximum Gasteiger partial charge on any atom is 0.131 e. The van der Waals surface area contributed by atoms with Gasteiger partial charge in [0, 0.05) is 23.2 Å². The van der Waals surface area contributed by atoms with Gasteiger partial charge in [0.15, 0.2) is 0 Å². The van der Waals surface area contributed by atoms with Crippen molar-refractivity contribution < 1.29 is 4.39 Å². The largest absolute Gasteiger partial charge is 0.310 e. The molecule has 0 aliphatic heterocycles. The van der Waals surface area contributed by atoms with E-state index in [0.29, 0.717) is 23.2 Å². The average Bonchev–Trinajstić information content (AvgIpc) is 2.38. The summed E-state index contributed by atoms with van der Waals surface area (Å²) in [6.07, 6.45) is 0. The van der Waals surface area contributed by atoms with Crippen LogP contribution in [0.25, 0.3) is 11.1 Å². The fraction of sp³-hybridized carbons (Fsp3) is 0.250. The number of benzene rings is 2. The molecule has 0 unspecified atom stereocenters. The number of halogens is 2. The van der Waals surface area contributed by atoms with Crippen molar-refractivity contribution in [3.05, 3.63) is 58.9 Å². The molecule has 0 aliphatic carbocycles. The van der Waals surface area contributed by atoms with Crippen molar-refractivity contribution >= 4 is 11.6 Å². The van der Waals surface area contributed by atoms with Gasteiger partial charge in [-0.2, -0.15) is 0 Å². The minimum Gasteiger partial charge on any atom is -0.310 e. The second kappa shape index (κ2) is 6.18. The minimum atomic E-state index is -0.203. The van der Waals surface area contributed by atoms with Crippen LogP contribution in [0, 0.1) is 5.82 Å². The SMILES string of the molecule is CC(C)NCc1ccc(-c2ccc(Cl)cc2)c(F)c1. The normalized spacial score (nSPS) is 11.0. The lowest BCUT2D eigenvalue weighted by molar-refractivity contribution is 0.582. The first kappa shape index (κ1) is 14.0. The molecule has 2 aromatic rings. The van der Waals surface area contributed by atoms with E-state index >= 15 is 0 Å². The van der Waals surface area contributed by atoms with E-state index in [2.05, 4.69) is 19.2 Å². The van der Waals surface area contributed by atoms with Crippen molar-refractivity contribution in [3.63, 3.8) is 0 Å². The molecule has 1 N–H and O–H groups in total. The van der Waals surface area contributed by atoms with E-state index < -0.39 is 0 Å². The fourth-order valence-corrected chi connectivity index (χ4v) is 1.98. The average molecular weight is 278 g/mol. The highest BCUT2D eigenvalue weighted by Crippen LogP contribution is 2.25. The summed E-state index contributed by atoms with van der Waals surface area (Å²) in [6.45, 7) is 4.81. The Morgan fingerprint density at radius 1 is 1.11 bits per heavy atom. The molecule has 0 fully saturated rings. The Balaban J connectivity index is 2.21. The molecule has 19 heavy (non-hydrogen) atoms.